The summed E-state index contributed by atoms with van der Waals surface area (Å²) in [6.45, 7) is 1.53. The summed E-state index contributed by atoms with van der Waals surface area (Å²) in [6, 6.07) is -1.18. The summed E-state index contributed by atoms with van der Waals surface area (Å²) in [6.07, 6.45) is -8.70. The molecule has 1 aliphatic rings. The molecule has 1 aliphatic heterocycles. The van der Waals surface area contributed by atoms with Crippen LogP contribution in [0.2, 0.25) is 0 Å². The smallest absolute Gasteiger partial charge is 0.326 e. The van der Waals surface area contributed by atoms with Crippen molar-refractivity contribution >= 4 is 11.9 Å². The second-order valence-electron chi connectivity index (χ2n) is 4.23. The summed E-state index contributed by atoms with van der Waals surface area (Å²) in [5.41, 5.74) is 0. The molecule has 110 valence electrons. The molecule has 0 saturated carbocycles. The van der Waals surface area contributed by atoms with E-state index in [-0.39, 0.29) is 6.42 Å². The second-order valence-corrected chi connectivity index (χ2v) is 4.23. The summed E-state index contributed by atoms with van der Waals surface area (Å²) in [5.74, 6) is -2.26. The molecule has 1 saturated heterocycles. The minimum absolute atomic E-state index is 0.109. The first-order valence-corrected chi connectivity index (χ1v) is 5.70. The Morgan fingerprint density at radius 3 is 2.21 bits per heavy atom. The number of aliphatic carboxylic acids is 1. The van der Waals surface area contributed by atoms with E-state index in [0.29, 0.717) is 0 Å². The zero-order chi connectivity index (χ0) is 14.7. The number of nitrogens with one attached hydrogen (secondary N) is 1. The molecule has 0 aromatic carbocycles. The average molecular weight is 279 g/mol. The van der Waals surface area contributed by atoms with Gasteiger partial charge < -0.3 is 35.6 Å². The predicted octanol–water partition coefficient (Wildman–Crippen LogP) is -3.23. The Hall–Kier alpha value is -1.26. The molecule has 9 heteroatoms. The van der Waals surface area contributed by atoms with E-state index in [9.17, 15) is 30.0 Å². The number of amides is 1. The molecule has 0 aromatic rings. The molecule has 3 unspecified atom stereocenters. The monoisotopic (exact) mass is 279 g/mol. The van der Waals surface area contributed by atoms with Crippen LogP contribution in [0.4, 0.5) is 0 Å². The van der Waals surface area contributed by atoms with E-state index >= 15 is 0 Å². The summed E-state index contributed by atoms with van der Waals surface area (Å²) < 4.78 is 4.66. The molecular weight excluding hydrogens is 262 g/mol. The number of carbonyl (C=O) groups excluding carboxylic acids is 1. The lowest BCUT2D eigenvalue weighted by Gasteiger charge is -2.37. The number of aliphatic hydroxyl groups excluding tert-OH is 4. The molecule has 1 rings (SSSR count). The largest absolute Gasteiger partial charge is 0.480 e. The molecule has 0 radical (unpaired) electrons. The van der Waals surface area contributed by atoms with Gasteiger partial charge in [-0.2, -0.15) is 0 Å². The fraction of sp³-hybridized carbons (Fsp3) is 0.800. The van der Waals surface area contributed by atoms with E-state index < -0.39 is 48.6 Å². The first-order valence-electron chi connectivity index (χ1n) is 5.70. The van der Waals surface area contributed by atoms with E-state index in [1.165, 1.54) is 6.92 Å². The van der Waals surface area contributed by atoms with Crippen molar-refractivity contribution in [1.82, 2.24) is 5.32 Å². The van der Waals surface area contributed by atoms with Gasteiger partial charge in [-0.1, -0.05) is 6.92 Å². The van der Waals surface area contributed by atoms with Gasteiger partial charge in [0.1, 0.15) is 24.4 Å². The van der Waals surface area contributed by atoms with Crippen LogP contribution in [0.1, 0.15) is 13.3 Å². The third-order valence-electron chi connectivity index (χ3n) is 2.87. The molecule has 0 bridgehead atoms. The van der Waals surface area contributed by atoms with Crippen molar-refractivity contribution < 1.29 is 39.9 Å². The maximum absolute atomic E-state index is 11.7. The molecule has 1 fully saturated rings. The van der Waals surface area contributed by atoms with E-state index in [2.05, 4.69) is 10.1 Å². The van der Waals surface area contributed by atoms with Gasteiger partial charge in [0, 0.05) is 0 Å². The molecule has 6 N–H and O–H groups in total. The SMILES string of the molecule is CCC(NC(=O)C1O[C@@H](O)C(O)[C@@H](O)[C@@H]1O)C(=O)O. The van der Waals surface area contributed by atoms with Crippen molar-refractivity contribution in [3.05, 3.63) is 0 Å². The van der Waals surface area contributed by atoms with E-state index in [4.69, 9.17) is 5.11 Å². The number of ether oxygens (including phenoxy) is 1. The van der Waals surface area contributed by atoms with Gasteiger partial charge in [-0.05, 0) is 6.42 Å². The lowest BCUT2D eigenvalue weighted by molar-refractivity contribution is -0.275. The van der Waals surface area contributed by atoms with Crippen molar-refractivity contribution in [2.45, 2.75) is 50.1 Å². The number of carboxylic acids is 1. The summed E-state index contributed by atoms with van der Waals surface area (Å²) >= 11 is 0. The third kappa shape index (κ3) is 3.39. The normalized spacial score (nSPS) is 36.6. The van der Waals surface area contributed by atoms with Gasteiger partial charge in [-0.15, -0.1) is 0 Å². The van der Waals surface area contributed by atoms with Gasteiger partial charge in [0.15, 0.2) is 12.4 Å². The van der Waals surface area contributed by atoms with E-state index in [1.54, 1.807) is 0 Å². The zero-order valence-electron chi connectivity index (χ0n) is 10.1. The number of carbonyl (C=O) groups is 2. The highest BCUT2D eigenvalue weighted by Gasteiger charge is 2.46. The van der Waals surface area contributed by atoms with E-state index in [1.807, 2.05) is 0 Å². The zero-order valence-corrected chi connectivity index (χ0v) is 10.1. The molecule has 0 aliphatic carbocycles. The Labute approximate surface area is 108 Å². The van der Waals surface area contributed by atoms with Gasteiger partial charge in [0.05, 0.1) is 0 Å². The Kier molecular flexibility index (Phi) is 5.20. The first-order chi connectivity index (χ1) is 8.79. The van der Waals surface area contributed by atoms with E-state index in [0.717, 1.165) is 0 Å². The van der Waals surface area contributed by atoms with Crippen LogP contribution in [0, 0.1) is 0 Å². The van der Waals surface area contributed by atoms with Gasteiger partial charge >= 0.3 is 5.97 Å². The minimum atomic E-state index is -1.85. The third-order valence-corrected chi connectivity index (χ3v) is 2.87. The Balaban J connectivity index is 2.73. The van der Waals surface area contributed by atoms with Gasteiger partial charge in [0.2, 0.25) is 0 Å². The highest BCUT2D eigenvalue weighted by Crippen LogP contribution is 2.20. The molecule has 6 atom stereocenters. The lowest BCUT2D eigenvalue weighted by atomic mass is 9.98. The van der Waals surface area contributed by atoms with Crippen molar-refractivity contribution in [3.8, 4) is 0 Å². The lowest BCUT2D eigenvalue weighted by Crippen LogP contribution is -2.62. The van der Waals surface area contributed by atoms with Crippen molar-refractivity contribution in [3.63, 3.8) is 0 Å². The summed E-state index contributed by atoms with van der Waals surface area (Å²) in [7, 11) is 0. The maximum Gasteiger partial charge on any atom is 0.326 e. The van der Waals surface area contributed by atoms with Crippen molar-refractivity contribution in [1.29, 1.82) is 0 Å². The van der Waals surface area contributed by atoms with Crippen LogP contribution in [0.25, 0.3) is 0 Å². The summed E-state index contributed by atoms with van der Waals surface area (Å²) in [4.78, 5) is 22.5. The molecule has 1 amide bonds. The Morgan fingerprint density at radius 2 is 1.74 bits per heavy atom. The number of aliphatic hydroxyl groups is 4. The van der Waals surface area contributed by atoms with Crippen LogP contribution in [0.3, 0.4) is 0 Å². The van der Waals surface area contributed by atoms with Crippen molar-refractivity contribution in [2.75, 3.05) is 0 Å². The molecule has 19 heavy (non-hydrogen) atoms. The summed E-state index contributed by atoms with van der Waals surface area (Å²) in [5, 5.41) is 48.3. The van der Waals surface area contributed by atoms with Crippen LogP contribution in [0.5, 0.6) is 0 Å². The van der Waals surface area contributed by atoms with Crippen LogP contribution >= 0.6 is 0 Å². The molecule has 0 aromatic heterocycles. The van der Waals surface area contributed by atoms with Crippen LogP contribution in [-0.2, 0) is 14.3 Å². The topological polar surface area (TPSA) is 157 Å². The molecule has 9 nitrogen and oxygen atoms in total. The number of hydrogen-bond acceptors (Lipinski definition) is 7. The highest BCUT2D eigenvalue weighted by molar-refractivity contribution is 5.86. The molecule has 1 heterocycles. The fourth-order valence-corrected chi connectivity index (χ4v) is 1.67. The van der Waals surface area contributed by atoms with Gasteiger partial charge in [-0.3, -0.25) is 4.79 Å². The number of rotatable bonds is 4. The Morgan fingerprint density at radius 1 is 1.16 bits per heavy atom. The molecular formula is C10H17NO8. The predicted molar refractivity (Wildman–Crippen MR) is 58.8 cm³/mol. The Bertz CT molecular complexity index is 348. The first kappa shape index (κ1) is 15.8. The van der Waals surface area contributed by atoms with Crippen molar-refractivity contribution in [2.24, 2.45) is 0 Å². The minimum Gasteiger partial charge on any atom is -0.480 e. The number of carboxylic acid groups (broad SMARTS) is 1. The maximum atomic E-state index is 11.7. The standard InChI is InChI=1S/C10H17NO8/c1-2-3(9(16)17)11-8(15)7-5(13)4(12)6(14)10(18)19-7/h3-7,10,12-14,18H,2H2,1H3,(H,11,15)(H,16,17)/t3?,4-,5-,6?,7?,10+/m0/s1. The molecule has 0 spiro atoms. The number of hydrogen-bond donors (Lipinski definition) is 6. The fourth-order valence-electron chi connectivity index (χ4n) is 1.67. The average Bonchev–Trinajstić information content (AvgIpc) is 2.36. The van der Waals surface area contributed by atoms with Gasteiger partial charge in [-0.25, -0.2) is 4.79 Å². The van der Waals surface area contributed by atoms with Gasteiger partial charge in [0.25, 0.3) is 5.91 Å². The highest BCUT2D eigenvalue weighted by atomic mass is 16.6. The van der Waals surface area contributed by atoms with Crippen LogP contribution < -0.4 is 5.32 Å². The second kappa shape index (κ2) is 6.26. The van der Waals surface area contributed by atoms with Crippen LogP contribution in [0.15, 0.2) is 0 Å². The quantitative estimate of drug-likeness (QED) is 0.313. The van der Waals surface area contributed by atoms with Crippen LogP contribution in [-0.4, -0.2) is 74.2 Å².